The van der Waals surface area contributed by atoms with Gasteiger partial charge in [-0.1, -0.05) is 0 Å². The van der Waals surface area contributed by atoms with E-state index in [2.05, 4.69) is 34.3 Å². The van der Waals surface area contributed by atoms with Gasteiger partial charge in [-0.3, -0.25) is 4.90 Å². The van der Waals surface area contributed by atoms with E-state index in [0.717, 1.165) is 23.5 Å². The van der Waals surface area contributed by atoms with Crippen molar-refractivity contribution >= 4 is 5.52 Å². The lowest BCUT2D eigenvalue weighted by atomic mass is 10.1. The van der Waals surface area contributed by atoms with Crippen molar-refractivity contribution in [2.24, 2.45) is 0 Å². The molecule has 4 heteroatoms. The number of hydrogen-bond acceptors (Lipinski definition) is 3. The molecule has 1 saturated heterocycles. The van der Waals surface area contributed by atoms with Crippen LogP contribution in [-0.2, 0) is 6.42 Å². The molecule has 3 rings (SSSR count). The van der Waals surface area contributed by atoms with Crippen LogP contribution in [0.15, 0.2) is 24.5 Å². The lowest BCUT2D eigenvalue weighted by Gasteiger charge is -2.27. The summed E-state index contributed by atoms with van der Waals surface area (Å²) in [6.45, 7) is 5.78. The van der Waals surface area contributed by atoms with Crippen molar-refractivity contribution in [1.82, 2.24) is 14.3 Å². The van der Waals surface area contributed by atoms with Gasteiger partial charge in [-0.25, -0.2) is 4.98 Å². The van der Waals surface area contributed by atoms with Gasteiger partial charge < -0.3 is 9.14 Å². The van der Waals surface area contributed by atoms with Gasteiger partial charge in [0.05, 0.1) is 13.3 Å². The van der Waals surface area contributed by atoms with Crippen LogP contribution in [0.1, 0.15) is 32.5 Å². The van der Waals surface area contributed by atoms with Crippen LogP contribution in [0.3, 0.4) is 0 Å². The number of imidazole rings is 1. The van der Waals surface area contributed by atoms with Gasteiger partial charge in [0, 0.05) is 24.7 Å². The van der Waals surface area contributed by atoms with Gasteiger partial charge in [0.1, 0.15) is 17.1 Å². The molecule has 0 radical (unpaired) electrons. The van der Waals surface area contributed by atoms with Crippen LogP contribution in [0.5, 0.6) is 5.75 Å². The van der Waals surface area contributed by atoms with Crippen LogP contribution in [0.25, 0.3) is 5.52 Å². The van der Waals surface area contributed by atoms with E-state index in [-0.39, 0.29) is 0 Å². The Labute approximate surface area is 120 Å². The van der Waals surface area contributed by atoms with Crippen LogP contribution in [-0.4, -0.2) is 40.0 Å². The molecular weight excluding hydrogens is 250 g/mol. The van der Waals surface area contributed by atoms with Gasteiger partial charge in [-0.05, 0) is 45.4 Å². The van der Waals surface area contributed by atoms with Crippen molar-refractivity contribution in [3.63, 3.8) is 0 Å². The Kier molecular flexibility index (Phi) is 3.66. The fraction of sp³-hybridized carbons (Fsp3) is 0.562. The van der Waals surface area contributed by atoms with E-state index in [9.17, 15) is 0 Å². The van der Waals surface area contributed by atoms with Crippen molar-refractivity contribution in [1.29, 1.82) is 0 Å². The summed E-state index contributed by atoms with van der Waals surface area (Å²) >= 11 is 0. The molecule has 3 heterocycles. The van der Waals surface area contributed by atoms with Crippen LogP contribution in [0.2, 0.25) is 0 Å². The van der Waals surface area contributed by atoms with E-state index in [1.54, 1.807) is 7.11 Å². The molecule has 20 heavy (non-hydrogen) atoms. The Morgan fingerprint density at radius 3 is 3.05 bits per heavy atom. The molecule has 1 aliphatic rings. The number of pyridine rings is 1. The number of aromatic nitrogens is 2. The molecule has 1 aliphatic heterocycles. The van der Waals surface area contributed by atoms with E-state index in [4.69, 9.17) is 4.74 Å². The average Bonchev–Trinajstić information content (AvgIpc) is 3.06. The monoisotopic (exact) mass is 273 g/mol. The largest absolute Gasteiger partial charge is 0.494 e. The average molecular weight is 273 g/mol. The number of likely N-dealkylation sites (tertiary alicyclic amines) is 1. The van der Waals surface area contributed by atoms with E-state index < -0.39 is 0 Å². The van der Waals surface area contributed by atoms with Crippen LogP contribution >= 0.6 is 0 Å². The van der Waals surface area contributed by atoms with Crippen LogP contribution < -0.4 is 4.74 Å². The zero-order valence-corrected chi connectivity index (χ0v) is 12.5. The quantitative estimate of drug-likeness (QED) is 0.858. The van der Waals surface area contributed by atoms with Gasteiger partial charge in [-0.2, -0.15) is 0 Å². The van der Waals surface area contributed by atoms with Crippen LogP contribution in [0, 0.1) is 0 Å². The minimum Gasteiger partial charge on any atom is -0.494 e. The molecule has 2 aromatic heterocycles. The molecule has 0 aromatic carbocycles. The lowest BCUT2D eigenvalue weighted by Crippen LogP contribution is -2.37. The first-order valence-corrected chi connectivity index (χ1v) is 7.45. The number of methoxy groups -OCH3 is 1. The Hall–Kier alpha value is -1.55. The Morgan fingerprint density at radius 2 is 2.30 bits per heavy atom. The summed E-state index contributed by atoms with van der Waals surface area (Å²) in [4.78, 5) is 7.22. The fourth-order valence-corrected chi connectivity index (χ4v) is 3.34. The predicted octanol–water partition coefficient (Wildman–Crippen LogP) is 2.76. The number of nitrogens with zero attached hydrogens (tertiary/aromatic N) is 3. The summed E-state index contributed by atoms with van der Waals surface area (Å²) in [5, 5.41) is 0. The van der Waals surface area contributed by atoms with Gasteiger partial charge in [0.2, 0.25) is 0 Å². The fourth-order valence-electron chi connectivity index (χ4n) is 3.34. The highest BCUT2D eigenvalue weighted by Gasteiger charge is 2.27. The minimum absolute atomic E-state index is 0.614. The molecule has 0 saturated carbocycles. The first-order valence-electron chi connectivity index (χ1n) is 7.45. The molecule has 1 atom stereocenters. The van der Waals surface area contributed by atoms with E-state index >= 15 is 0 Å². The molecule has 0 amide bonds. The Morgan fingerprint density at radius 1 is 1.45 bits per heavy atom. The molecule has 2 aromatic rings. The normalized spacial score (nSPS) is 20.1. The first kappa shape index (κ1) is 13.4. The summed E-state index contributed by atoms with van der Waals surface area (Å²) in [5.41, 5.74) is 1.05. The van der Waals surface area contributed by atoms with E-state index in [0.29, 0.717) is 12.1 Å². The maximum Gasteiger partial charge on any atom is 0.144 e. The second-order valence-corrected chi connectivity index (χ2v) is 5.84. The van der Waals surface area contributed by atoms with Gasteiger partial charge >= 0.3 is 0 Å². The highest BCUT2D eigenvalue weighted by atomic mass is 16.5. The topological polar surface area (TPSA) is 29.8 Å². The van der Waals surface area contributed by atoms with Crippen molar-refractivity contribution < 1.29 is 4.74 Å². The van der Waals surface area contributed by atoms with Crippen molar-refractivity contribution in [2.75, 3.05) is 13.7 Å². The molecule has 4 nitrogen and oxygen atoms in total. The highest BCUT2D eigenvalue weighted by Crippen LogP contribution is 2.25. The van der Waals surface area contributed by atoms with Crippen molar-refractivity contribution in [2.45, 2.75) is 45.2 Å². The first-order chi connectivity index (χ1) is 9.70. The lowest BCUT2D eigenvalue weighted by molar-refractivity contribution is 0.201. The van der Waals surface area contributed by atoms with Gasteiger partial charge in [0.15, 0.2) is 0 Å². The summed E-state index contributed by atoms with van der Waals surface area (Å²) < 4.78 is 7.56. The minimum atomic E-state index is 0.614. The standard InChI is InChI=1S/C16H23N3O/c1-12(2)18-8-4-6-13(18)10-16-17-11-14-15(20-3)7-5-9-19(14)16/h5,7,9,11-13H,4,6,8,10H2,1-3H3. The van der Waals surface area contributed by atoms with E-state index in [1.165, 1.54) is 19.4 Å². The molecule has 0 aliphatic carbocycles. The van der Waals surface area contributed by atoms with E-state index in [1.807, 2.05) is 18.3 Å². The predicted molar refractivity (Wildman–Crippen MR) is 80.3 cm³/mol. The molecule has 0 spiro atoms. The summed E-state index contributed by atoms with van der Waals surface area (Å²) in [7, 11) is 1.71. The summed E-state index contributed by atoms with van der Waals surface area (Å²) in [6.07, 6.45) is 7.59. The number of rotatable bonds is 4. The molecular formula is C16H23N3O. The molecule has 1 fully saturated rings. The second-order valence-electron chi connectivity index (χ2n) is 5.84. The molecule has 0 bridgehead atoms. The summed E-state index contributed by atoms with van der Waals surface area (Å²) in [5.74, 6) is 2.02. The highest BCUT2D eigenvalue weighted by molar-refractivity contribution is 5.59. The maximum absolute atomic E-state index is 5.40. The van der Waals surface area contributed by atoms with Gasteiger partial charge in [-0.15, -0.1) is 0 Å². The SMILES string of the molecule is COc1cccn2c(CC3CCCN3C(C)C)ncc12. The smallest absolute Gasteiger partial charge is 0.144 e. The third kappa shape index (κ3) is 2.29. The third-order valence-electron chi connectivity index (χ3n) is 4.33. The summed E-state index contributed by atoms with van der Waals surface area (Å²) in [6, 6.07) is 5.23. The second kappa shape index (κ2) is 5.44. The zero-order chi connectivity index (χ0) is 14.1. The maximum atomic E-state index is 5.40. The van der Waals surface area contributed by atoms with Crippen molar-refractivity contribution in [3.8, 4) is 5.75 Å². The van der Waals surface area contributed by atoms with Crippen molar-refractivity contribution in [3.05, 3.63) is 30.4 Å². The molecule has 108 valence electrons. The number of fused-ring (bicyclic) bond motifs is 1. The van der Waals surface area contributed by atoms with Crippen LogP contribution in [0.4, 0.5) is 0 Å². The zero-order valence-electron chi connectivity index (χ0n) is 12.5. The third-order valence-corrected chi connectivity index (χ3v) is 4.33. The Balaban J connectivity index is 1.88. The Bertz CT molecular complexity index is 590. The number of ether oxygens (including phenoxy) is 1. The molecule has 1 unspecified atom stereocenters. The number of hydrogen-bond donors (Lipinski definition) is 0. The van der Waals surface area contributed by atoms with Gasteiger partial charge in [0.25, 0.3) is 0 Å². The molecule has 0 N–H and O–H groups in total.